The number of benzene rings is 1. The molecule has 2 fully saturated rings. The average Bonchev–Trinajstić information content (AvgIpc) is 3.51. The Hall–Kier alpha value is -2.57. The first-order chi connectivity index (χ1) is 13.5. The topological polar surface area (TPSA) is 79.0 Å². The molecule has 152 valence electrons. The first-order valence-electron chi connectivity index (χ1n) is 10.1. The van der Waals surface area contributed by atoms with Crippen molar-refractivity contribution < 1.29 is 19.1 Å². The molecule has 28 heavy (non-hydrogen) atoms. The van der Waals surface area contributed by atoms with Gasteiger partial charge in [0, 0.05) is 31.4 Å². The molecule has 3 amide bonds. The number of nitrogens with zero attached hydrogens (tertiary/aromatic N) is 2. The average molecular weight is 387 g/mol. The van der Waals surface area contributed by atoms with Crippen molar-refractivity contribution in [3.8, 4) is 0 Å². The van der Waals surface area contributed by atoms with Crippen molar-refractivity contribution in [1.82, 2.24) is 10.2 Å². The highest BCUT2D eigenvalue weighted by molar-refractivity contribution is 6.01. The summed E-state index contributed by atoms with van der Waals surface area (Å²) in [5.74, 6) is -0.504. The predicted molar refractivity (Wildman–Crippen MR) is 106 cm³/mol. The largest absolute Gasteiger partial charge is 0.450 e. The summed E-state index contributed by atoms with van der Waals surface area (Å²) in [5, 5.41) is 3.07. The standard InChI is InChI=1S/C21H29N3O4/c1-3-24(16-8-6-5-7-9-16)20(26)18-14-17(18)19(25)22-15-10-12-23(13-11-15)21(27)28-4-2/h5-9,15,17-18H,3-4,10-14H2,1-2H3,(H,22,25). The number of piperidine rings is 1. The Bertz CT molecular complexity index is 701. The number of ether oxygens (including phenoxy) is 1. The van der Waals surface area contributed by atoms with Gasteiger partial charge < -0.3 is 19.9 Å². The summed E-state index contributed by atoms with van der Waals surface area (Å²) in [6, 6.07) is 9.61. The van der Waals surface area contributed by atoms with Crippen molar-refractivity contribution in [2.24, 2.45) is 11.8 Å². The van der Waals surface area contributed by atoms with Crippen LogP contribution in [0, 0.1) is 11.8 Å². The van der Waals surface area contributed by atoms with E-state index in [-0.39, 0.29) is 35.8 Å². The lowest BCUT2D eigenvalue weighted by Gasteiger charge is -2.31. The molecule has 1 aromatic carbocycles. The second kappa shape index (κ2) is 9.08. The molecule has 2 aliphatic rings. The number of carbonyl (C=O) groups excluding carboxylic acids is 3. The minimum absolute atomic E-state index is 0.0194. The van der Waals surface area contributed by atoms with Crippen LogP contribution in [-0.2, 0) is 14.3 Å². The maximum atomic E-state index is 12.8. The summed E-state index contributed by atoms with van der Waals surface area (Å²) < 4.78 is 5.01. The molecule has 0 spiro atoms. The number of carbonyl (C=O) groups is 3. The number of hydrogen-bond donors (Lipinski definition) is 1. The number of para-hydroxylation sites is 1. The van der Waals surface area contributed by atoms with Crippen LogP contribution in [0.5, 0.6) is 0 Å². The number of hydrogen-bond acceptors (Lipinski definition) is 4. The molecule has 1 heterocycles. The third-order valence-electron chi connectivity index (χ3n) is 5.46. The van der Waals surface area contributed by atoms with Crippen LogP contribution in [0.25, 0.3) is 0 Å². The first-order valence-corrected chi connectivity index (χ1v) is 10.1. The van der Waals surface area contributed by atoms with Gasteiger partial charge in [0.25, 0.3) is 0 Å². The van der Waals surface area contributed by atoms with Crippen molar-refractivity contribution in [1.29, 1.82) is 0 Å². The highest BCUT2D eigenvalue weighted by Gasteiger charge is 2.50. The number of likely N-dealkylation sites (tertiary alicyclic amines) is 1. The van der Waals surface area contributed by atoms with Gasteiger partial charge >= 0.3 is 6.09 Å². The minimum Gasteiger partial charge on any atom is -0.450 e. The predicted octanol–water partition coefficient (Wildman–Crippen LogP) is 2.41. The summed E-state index contributed by atoms with van der Waals surface area (Å²) in [4.78, 5) is 40.5. The molecule has 1 N–H and O–H groups in total. The molecule has 3 rings (SSSR count). The Morgan fingerprint density at radius 2 is 1.79 bits per heavy atom. The van der Waals surface area contributed by atoms with Crippen molar-refractivity contribution in [3.63, 3.8) is 0 Å². The van der Waals surface area contributed by atoms with E-state index in [9.17, 15) is 14.4 Å². The third kappa shape index (κ3) is 4.64. The highest BCUT2D eigenvalue weighted by atomic mass is 16.6. The molecular formula is C21H29N3O4. The van der Waals surface area contributed by atoms with Crippen molar-refractivity contribution in [2.45, 2.75) is 39.2 Å². The number of rotatable bonds is 6. The van der Waals surface area contributed by atoms with E-state index in [2.05, 4.69) is 5.32 Å². The van der Waals surface area contributed by atoms with Crippen LogP contribution in [0.3, 0.4) is 0 Å². The number of nitrogens with one attached hydrogen (secondary N) is 1. The number of anilines is 1. The van der Waals surface area contributed by atoms with Gasteiger partial charge in [-0.25, -0.2) is 4.79 Å². The van der Waals surface area contributed by atoms with Crippen LogP contribution in [0.2, 0.25) is 0 Å². The third-order valence-corrected chi connectivity index (χ3v) is 5.46. The second-order valence-electron chi connectivity index (χ2n) is 7.34. The molecule has 1 saturated carbocycles. The van der Waals surface area contributed by atoms with Crippen LogP contribution in [0.1, 0.15) is 33.1 Å². The maximum absolute atomic E-state index is 12.8. The summed E-state index contributed by atoms with van der Waals surface area (Å²) >= 11 is 0. The molecule has 0 bridgehead atoms. The first kappa shape index (κ1) is 20.2. The molecule has 7 nitrogen and oxygen atoms in total. The summed E-state index contributed by atoms with van der Waals surface area (Å²) in [7, 11) is 0. The Kier molecular flexibility index (Phi) is 6.54. The minimum atomic E-state index is -0.291. The Morgan fingerprint density at radius 1 is 1.11 bits per heavy atom. The van der Waals surface area contributed by atoms with Gasteiger partial charge in [-0.15, -0.1) is 0 Å². The van der Waals surface area contributed by atoms with Crippen LogP contribution < -0.4 is 10.2 Å². The monoisotopic (exact) mass is 387 g/mol. The van der Waals surface area contributed by atoms with E-state index in [1.165, 1.54) is 0 Å². The van der Waals surface area contributed by atoms with Gasteiger partial charge in [0.2, 0.25) is 11.8 Å². The van der Waals surface area contributed by atoms with Gasteiger partial charge in [-0.2, -0.15) is 0 Å². The fourth-order valence-corrected chi connectivity index (χ4v) is 3.76. The van der Waals surface area contributed by atoms with Gasteiger partial charge in [-0.05, 0) is 45.2 Å². The SMILES string of the molecule is CCOC(=O)N1CCC(NC(=O)C2CC2C(=O)N(CC)c2ccccc2)CC1. The highest BCUT2D eigenvalue weighted by Crippen LogP contribution is 2.41. The molecule has 2 atom stereocenters. The Labute approximate surface area is 166 Å². The lowest BCUT2D eigenvalue weighted by atomic mass is 10.0. The zero-order valence-corrected chi connectivity index (χ0v) is 16.6. The molecular weight excluding hydrogens is 358 g/mol. The Balaban J connectivity index is 1.47. The van der Waals surface area contributed by atoms with E-state index in [0.717, 1.165) is 5.69 Å². The molecule has 1 aromatic rings. The second-order valence-corrected chi connectivity index (χ2v) is 7.34. The van der Waals surface area contributed by atoms with Gasteiger partial charge in [0.15, 0.2) is 0 Å². The quantitative estimate of drug-likeness (QED) is 0.813. The normalized spacial score (nSPS) is 21.7. The van der Waals surface area contributed by atoms with E-state index in [0.29, 0.717) is 45.5 Å². The zero-order valence-electron chi connectivity index (χ0n) is 16.6. The van der Waals surface area contributed by atoms with Crippen molar-refractivity contribution in [2.75, 3.05) is 31.1 Å². The van der Waals surface area contributed by atoms with E-state index in [1.54, 1.807) is 16.7 Å². The summed E-state index contributed by atoms with van der Waals surface area (Å²) in [5.41, 5.74) is 0.868. The van der Waals surface area contributed by atoms with Crippen LogP contribution in [0.15, 0.2) is 30.3 Å². The fourth-order valence-electron chi connectivity index (χ4n) is 3.76. The fraction of sp³-hybridized carbons (Fsp3) is 0.571. The molecule has 0 aromatic heterocycles. The molecule has 2 unspecified atom stereocenters. The van der Waals surface area contributed by atoms with Crippen LogP contribution in [0.4, 0.5) is 10.5 Å². The molecule has 1 aliphatic heterocycles. The molecule has 1 saturated heterocycles. The van der Waals surface area contributed by atoms with Crippen LogP contribution in [-0.4, -0.2) is 55.1 Å². The van der Waals surface area contributed by atoms with E-state index < -0.39 is 0 Å². The van der Waals surface area contributed by atoms with Gasteiger partial charge in [0.05, 0.1) is 18.4 Å². The maximum Gasteiger partial charge on any atom is 0.409 e. The molecule has 0 radical (unpaired) electrons. The molecule has 1 aliphatic carbocycles. The van der Waals surface area contributed by atoms with E-state index in [1.807, 2.05) is 37.3 Å². The van der Waals surface area contributed by atoms with Crippen LogP contribution >= 0.6 is 0 Å². The van der Waals surface area contributed by atoms with Gasteiger partial charge in [-0.3, -0.25) is 9.59 Å². The zero-order chi connectivity index (χ0) is 20.1. The lowest BCUT2D eigenvalue weighted by Crippen LogP contribution is -2.47. The smallest absolute Gasteiger partial charge is 0.409 e. The number of amides is 3. The van der Waals surface area contributed by atoms with E-state index in [4.69, 9.17) is 4.74 Å². The van der Waals surface area contributed by atoms with E-state index >= 15 is 0 Å². The Morgan fingerprint density at radius 3 is 2.39 bits per heavy atom. The van der Waals surface area contributed by atoms with Crippen molar-refractivity contribution >= 4 is 23.6 Å². The van der Waals surface area contributed by atoms with Gasteiger partial charge in [-0.1, -0.05) is 18.2 Å². The lowest BCUT2D eigenvalue weighted by molar-refractivity contribution is -0.126. The summed E-state index contributed by atoms with van der Waals surface area (Å²) in [6.07, 6.45) is 1.73. The van der Waals surface area contributed by atoms with Crippen molar-refractivity contribution in [3.05, 3.63) is 30.3 Å². The van der Waals surface area contributed by atoms with Gasteiger partial charge in [0.1, 0.15) is 0 Å². The summed E-state index contributed by atoms with van der Waals surface area (Å²) in [6.45, 7) is 5.84. The molecule has 7 heteroatoms.